The Kier molecular flexibility index (Phi) is 4.92. The molecule has 3 aliphatic rings. The summed E-state index contributed by atoms with van der Waals surface area (Å²) in [6.07, 6.45) is 8.54. The second kappa shape index (κ2) is 6.55. The van der Waals surface area contributed by atoms with E-state index in [1.807, 2.05) is 0 Å². The minimum absolute atomic E-state index is 0.460. The highest BCUT2D eigenvalue weighted by atomic mass is 16.5. The van der Waals surface area contributed by atoms with Crippen LogP contribution in [0.2, 0.25) is 0 Å². The fourth-order valence-electron chi connectivity index (χ4n) is 4.99. The molecule has 4 unspecified atom stereocenters. The Labute approximate surface area is 130 Å². The Morgan fingerprint density at radius 3 is 2.90 bits per heavy atom. The number of hydrogen-bond acceptors (Lipinski definition) is 3. The maximum atomic E-state index is 5.97. The quantitative estimate of drug-likeness (QED) is 0.843. The highest BCUT2D eigenvalue weighted by Gasteiger charge is 2.44. The zero-order valence-corrected chi connectivity index (χ0v) is 14.2. The lowest BCUT2D eigenvalue weighted by molar-refractivity contribution is -0.0615. The molecule has 1 aliphatic heterocycles. The SMILES string of the molecule is CCCNC1C(CN2CCOC3CCCC32)CCC1(C)C. The summed E-state index contributed by atoms with van der Waals surface area (Å²) >= 11 is 0. The van der Waals surface area contributed by atoms with Gasteiger partial charge in [0.15, 0.2) is 0 Å². The van der Waals surface area contributed by atoms with Crippen molar-refractivity contribution >= 4 is 0 Å². The molecule has 0 spiro atoms. The Morgan fingerprint density at radius 2 is 2.10 bits per heavy atom. The number of nitrogens with zero attached hydrogens (tertiary/aromatic N) is 1. The van der Waals surface area contributed by atoms with Crippen LogP contribution < -0.4 is 5.32 Å². The lowest BCUT2D eigenvalue weighted by Gasteiger charge is -2.41. The third kappa shape index (κ3) is 3.30. The molecule has 0 aromatic heterocycles. The largest absolute Gasteiger partial charge is 0.375 e. The smallest absolute Gasteiger partial charge is 0.0730 e. The van der Waals surface area contributed by atoms with E-state index in [-0.39, 0.29) is 0 Å². The molecule has 2 aliphatic carbocycles. The van der Waals surface area contributed by atoms with Gasteiger partial charge in [-0.25, -0.2) is 0 Å². The van der Waals surface area contributed by atoms with Gasteiger partial charge in [0.25, 0.3) is 0 Å². The molecule has 2 saturated carbocycles. The van der Waals surface area contributed by atoms with Crippen LogP contribution in [0.25, 0.3) is 0 Å². The number of nitrogens with one attached hydrogen (secondary N) is 1. The number of rotatable bonds is 5. The Morgan fingerprint density at radius 1 is 1.24 bits per heavy atom. The highest BCUT2D eigenvalue weighted by molar-refractivity contribution is 4.99. The fraction of sp³-hybridized carbons (Fsp3) is 1.00. The molecule has 3 fully saturated rings. The minimum atomic E-state index is 0.460. The van der Waals surface area contributed by atoms with E-state index in [1.165, 1.54) is 51.6 Å². The first-order chi connectivity index (χ1) is 10.1. The second-order valence-electron chi connectivity index (χ2n) is 8.12. The molecule has 1 saturated heterocycles. The highest BCUT2D eigenvalue weighted by Crippen LogP contribution is 2.42. The van der Waals surface area contributed by atoms with Crippen molar-refractivity contribution in [1.29, 1.82) is 0 Å². The molecule has 0 radical (unpaired) electrons. The molecular weight excluding hydrogens is 260 g/mol. The van der Waals surface area contributed by atoms with Crippen molar-refractivity contribution in [2.45, 2.75) is 77.5 Å². The van der Waals surface area contributed by atoms with E-state index in [0.29, 0.717) is 23.6 Å². The zero-order valence-electron chi connectivity index (χ0n) is 14.2. The summed E-state index contributed by atoms with van der Waals surface area (Å²) in [7, 11) is 0. The first kappa shape index (κ1) is 15.8. The van der Waals surface area contributed by atoms with Gasteiger partial charge in [0, 0.05) is 25.2 Å². The third-order valence-electron chi connectivity index (χ3n) is 6.15. The number of hydrogen-bond donors (Lipinski definition) is 1. The predicted octanol–water partition coefficient (Wildman–Crippen LogP) is 3.04. The van der Waals surface area contributed by atoms with Gasteiger partial charge in [0.2, 0.25) is 0 Å². The molecule has 0 bridgehead atoms. The van der Waals surface area contributed by atoms with E-state index in [2.05, 4.69) is 31.0 Å². The molecule has 0 amide bonds. The lowest BCUT2D eigenvalue weighted by atomic mass is 9.84. The Bertz CT molecular complexity index is 344. The summed E-state index contributed by atoms with van der Waals surface area (Å²) in [5, 5.41) is 3.86. The maximum Gasteiger partial charge on any atom is 0.0730 e. The van der Waals surface area contributed by atoms with Gasteiger partial charge in [0.1, 0.15) is 0 Å². The molecule has 4 atom stereocenters. The summed E-state index contributed by atoms with van der Waals surface area (Å²) in [6, 6.07) is 1.41. The number of morpholine rings is 1. The van der Waals surface area contributed by atoms with Crippen LogP contribution in [0.15, 0.2) is 0 Å². The van der Waals surface area contributed by atoms with Crippen molar-refractivity contribution in [3.8, 4) is 0 Å². The fourth-order valence-corrected chi connectivity index (χ4v) is 4.99. The summed E-state index contributed by atoms with van der Waals surface area (Å²) < 4.78 is 5.97. The van der Waals surface area contributed by atoms with Gasteiger partial charge in [-0.1, -0.05) is 20.8 Å². The average Bonchev–Trinajstić information content (AvgIpc) is 3.03. The first-order valence-corrected chi connectivity index (χ1v) is 9.21. The monoisotopic (exact) mass is 294 g/mol. The molecule has 3 heteroatoms. The van der Waals surface area contributed by atoms with E-state index in [1.54, 1.807) is 0 Å². The van der Waals surface area contributed by atoms with Gasteiger partial charge in [-0.3, -0.25) is 4.90 Å². The molecule has 0 aromatic rings. The Balaban J connectivity index is 1.62. The van der Waals surface area contributed by atoms with Crippen LogP contribution in [0, 0.1) is 11.3 Å². The summed E-state index contributed by atoms with van der Waals surface area (Å²) in [5.41, 5.74) is 0.460. The first-order valence-electron chi connectivity index (χ1n) is 9.21. The van der Waals surface area contributed by atoms with Crippen LogP contribution in [0.1, 0.15) is 59.3 Å². The van der Waals surface area contributed by atoms with E-state index >= 15 is 0 Å². The van der Waals surface area contributed by atoms with Gasteiger partial charge < -0.3 is 10.1 Å². The summed E-state index contributed by atoms with van der Waals surface area (Å²) in [5.74, 6) is 0.825. The molecule has 21 heavy (non-hydrogen) atoms. The predicted molar refractivity (Wildman–Crippen MR) is 87.5 cm³/mol. The van der Waals surface area contributed by atoms with Gasteiger partial charge in [-0.2, -0.15) is 0 Å². The van der Waals surface area contributed by atoms with Crippen molar-refractivity contribution in [3.63, 3.8) is 0 Å². The molecule has 3 rings (SSSR count). The molecule has 0 aromatic carbocycles. The van der Waals surface area contributed by atoms with Crippen LogP contribution in [-0.2, 0) is 4.74 Å². The molecule has 1 N–H and O–H groups in total. The third-order valence-corrected chi connectivity index (χ3v) is 6.15. The van der Waals surface area contributed by atoms with E-state index in [4.69, 9.17) is 4.74 Å². The summed E-state index contributed by atoms with van der Waals surface area (Å²) in [6.45, 7) is 11.7. The van der Waals surface area contributed by atoms with Crippen LogP contribution in [0.3, 0.4) is 0 Å². The zero-order chi connectivity index (χ0) is 14.9. The van der Waals surface area contributed by atoms with Crippen molar-refractivity contribution < 1.29 is 4.74 Å². The maximum absolute atomic E-state index is 5.97. The topological polar surface area (TPSA) is 24.5 Å². The lowest BCUT2D eigenvalue weighted by Crippen LogP contribution is -2.53. The number of fused-ring (bicyclic) bond motifs is 1. The van der Waals surface area contributed by atoms with Crippen LogP contribution in [0.4, 0.5) is 0 Å². The van der Waals surface area contributed by atoms with Gasteiger partial charge in [-0.15, -0.1) is 0 Å². The van der Waals surface area contributed by atoms with Gasteiger partial charge >= 0.3 is 0 Å². The molecule has 3 nitrogen and oxygen atoms in total. The van der Waals surface area contributed by atoms with Crippen molar-refractivity contribution in [1.82, 2.24) is 10.2 Å². The molecular formula is C18H34N2O. The van der Waals surface area contributed by atoms with E-state index in [0.717, 1.165) is 19.1 Å². The van der Waals surface area contributed by atoms with E-state index in [9.17, 15) is 0 Å². The average molecular weight is 294 g/mol. The van der Waals surface area contributed by atoms with Crippen LogP contribution in [-0.4, -0.2) is 49.3 Å². The minimum Gasteiger partial charge on any atom is -0.375 e. The molecule has 1 heterocycles. The van der Waals surface area contributed by atoms with Crippen molar-refractivity contribution in [2.75, 3.05) is 26.2 Å². The van der Waals surface area contributed by atoms with Crippen molar-refractivity contribution in [2.24, 2.45) is 11.3 Å². The van der Waals surface area contributed by atoms with Gasteiger partial charge in [0.05, 0.1) is 12.7 Å². The summed E-state index contributed by atoms with van der Waals surface area (Å²) in [4.78, 5) is 2.77. The van der Waals surface area contributed by atoms with E-state index < -0.39 is 0 Å². The van der Waals surface area contributed by atoms with Gasteiger partial charge in [-0.05, 0) is 56.4 Å². The standard InChI is InChI=1S/C18H34N2O/c1-4-10-19-17-14(8-9-18(17,2)3)13-20-11-12-21-16-7-5-6-15(16)20/h14-17,19H,4-13H2,1-3H3. The van der Waals surface area contributed by atoms with Crippen LogP contribution >= 0.6 is 0 Å². The number of ether oxygens (including phenoxy) is 1. The van der Waals surface area contributed by atoms with Crippen LogP contribution in [0.5, 0.6) is 0 Å². The second-order valence-corrected chi connectivity index (χ2v) is 8.12. The Hall–Kier alpha value is -0.120. The molecule has 122 valence electrons. The normalized spacial score (nSPS) is 39.6. The van der Waals surface area contributed by atoms with Crippen molar-refractivity contribution in [3.05, 3.63) is 0 Å².